The van der Waals surface area contributed by atoms with E-state index in [0.29, 0.717) is 23.6 Å². The molecule has 0 fully saturated rings. The van der Waals surface area contributed by atoms with E-state index in [-0.39, 0.29) is 25.0 Å². The lowest BCUT2D eigenvalue weighted by Gasteiger charge is -2.17. The predicted octanol–water partition coefficient (Wildman–Crippen LogP) is 2.62. The summed E-state index contributed by atoms with van der Waals surface area (Å²) in [6, 6.07) is 14.5. The summed E-state index contributed by atoms with van der Waals surface area (Å²) in [5.74, 6) is 0.851. The van der Waals surface area contributed by atoms with Gasteiger partial charge in [-0.1, -0.05) is 24.3 Å². The van der Waals surface area contributed by atoms with Gasteiger partial charge in [0.15, 0.2) is 6.61 Å². The van der Waals surface area contributed by atoms with Crippen molar-refractivity contribution in [2.75, 3.05) is 25.1 Å². The molecule has 0 radical (unpaired) electrons. The maximum Gasteiger partial charge on any atom is 0.257 e. The normalized spacial score (nSPS) is 12.3. The molecule has 0 aliphatic carbocycles. The molecule has 134 valence electrons. The predicted molar refractivity (Wildman–Crippen MR) is 99.2 cm³/mol. The van der Waals surface area contributed by atoms with Crippen LogP contribution in [0.15, 0.2) is 54.1 Å². The van der Waals surface area contributed by atoms with Crippen LogP contribution in [0.25, 0.3) is 6.08 Å². The Bertz CT molecular complexity index is 845. The van der Waals surface area contributed by atoms with Gasteiger partial charge in [-0.15, -0.1) is 0 Å². The highest BCUT2D eigenvalue weighted by atomic mass is 16.5. The third-order valence-corrected chi connectivity index (χ3v) is 3.76. The van der Waals surface area contributed by atoms with E-state index in [0.717, 1.165) is 11.3 Å². The van der Waals surface area contributed by atoms with E-state index in [1.807, 2.05) is 37.3 Å². The zero-order valence-electron chi connectivity index (χ0n) is 14.5. The first-order chi connectivity index (χ1) is 12.7. The number of anilines is 1. The van der Waals surface area contributed by atoms with Crippen molar-refractivity contribution in [3.05, 3.63) is 59.7 Å². The third kappa shape index (κ3) is 4.42. The molecule has 26 heavy (non-hydrogen) atoms. The maximum atomic E-state index is 12.5. The van der Waals surface area contributed by atoms with Gasteiger partial charge >= 0.3 is 0 Å². The summed E-state index contributed by atoms with van der Waals surface area (Å²) < 4.78 is 11.0. The molecular formula is C20H20N2O4. The number of likely N-dealkylation sites (N-methyl/N-ethyl adjacent to an activating group) is 1. The fourth-order valence-corrected chi connectivity index (χ4v) is 2.52. The van der Waals surface area contributed by atoms with Crippen molar-refractivity contribution in [3.63, 3.8) is 0 Å². The molecule has 0 atom stereocenters. The summed E-state index contributed by atoms with van der Waals surface area (Å²) in [6.45, 7) is 2.55. The molecule has 2 aromatic rings. The van der Waals surface area contributed by atoms with Crippen LogP contribution in [-0.4, -0.2) is 31.6 Å². The number of benzene rings is 2. The first-order valence-electron chi connectivity index (χ1n) is 8.39. The van der Waals surface area contributed by atoms with Crippen LogP contribution < -0.4 is 20.1 Å². The Morgan fingerprint density at radius 2 is 2.00 bits per heavy atom. The molecule has 0 aromatic heterocycles. The topological polar surface area (TPSA) is 76.7 Å². The third-order valence-electron chi connectivity index (χ3n) is 3.76. The van der Waals surface area contributed by atoms with Gasteiger partial charge in [0.05, 0.1) is 5.57 Å². The number of rotatable bonds is 6. The molecule has 0 bridgehead atoms. The van der Waals surface area contributed by atoms with Crippen LogP contribution in [0, 0.1) is 0 Å². The summed E-state index contributed by atoms with van der Waals surface area (Å²) in [7, 11) is 0. The molecular weight excluding hydrogens is 332 g/mol. The Morgan fingerprint density at radius 3 is 2.85 bits per heavy atom. The van der Waals surface area contributed by atoms with Crippen LogP contribution in [0.3, 0.4) is 0 Å². The quantitative estimate of drug-likeness (QED) is 0.838. The Kier molecular flexibility index (Phi) is 5.53. The molecule has 3 rings (SSSR count). The lowest BCUT2D eigenvalue weighted by atomic mass is 10.1. The number of amides is 2. The van der Waals surface area contributed by atoms with Crippen LogP contribution in [-0.2, 0) is 9.59 Å². The summed E-state index contributed by atoms with van der Waals surface area (Å²) >= 11 is 0. The second-order valence-electron chi connectivity index (χ2n) is 5.72. The zero-order chi connectivity index (χ0) is 18.4. The van der Waals surface area contributed by atoms with Crippen molar-refractivity contribution >= 4 is 23.6 Å². The summed E-state index contributed by atoms with van der Waals surface area (Å²) in [4.78, 5) is 23.9. The summed E-state index contributed by atoms with van der Waals surface area (Å²) in [5.41, 5.74) is 2.00. The van der Waals surface area contributed by atoms with Crippen LogP contribution in [0.4, 0.5) is 5.69 Å². The number of carbonyl (C=O) groups is 2. The van der Waals surface area contributed by atoms with E-state index in [4.69, 9.17) is 9.47 Å². The Hall–Kier alpha value is -3.28. The number of fused-ring (bicyclic) bond motifs is 1. The van der Waals surface area contributed by atoms with Gasteiger partial charge in [0.1, 0.15) is 18.1 Å². The Balaban J connectivity index is 1.64. The molecule has 2 amide bonds. The molecule has 1 aliphatic rings. The standard InChI is InChI=1S/C20H20N2O4/c1-2-21-19(23)13-25-17-8-5-7-16(11-17)22-20(24)15-10-14-6-3-4-9-18(14)26-12-15/h3-11H,2,12-13H2,1H3,(H,21,23)(H,22,24). The average Bonchev–Trinajstić information content (AvgIpc) is 2.66. The zero-order valence-corrected chi connectivity index (χ0v) is 14.5. The van der Waals surface area contributed by atoms with Crippen molar-refractivity contribution in [2.24, 2.45) is 0 Å². The van der Waals surface area contributed by atoms with Crippen molar-refractivity contribution < 1.29 is 19.1 Å². The molecule has 0 unspecified atom stereocenters. The number of hydrogen-bond acceptors (Lipinski definition) is 4. The van der Waals surface area contributed by atoms with Gasteiger partial charge in [-0.3, -0.25) is 9.59 Å². The highest BCUT2D eigenvalue weighted by Crippen LogP contribution is 2.26. The molecule has 0 saturated carbocycles. The van der Waals surface area contributed by atoms with Gasteiger partial charge in [-0.05, 0) is 31.2 Å². The second kappa shape index (κ2) is 8.20. The van der Waals surface area contributed by atoms with Gasteiger partial charge in [0, 0.05) is 23.9 Å². The van der Waals surface area contributed by atoms with E-state index in [1.165, 1.54) is 0 Å². The fourth-order valence-electron chi connectivity index (χ4n) is 2.52. The van der Waals surface area contributed by atoms with E-state index in [9.17, 15) is 9.59 Å². The van der Waals surface area contributed by atoms with Crippen LogP contribution in [0.2, 0.25) is 0 Å². The van der Waals surface area contributed by atoms with Gasteiger partial charge in [0.25, 0.3) is 11.8 Å². The lowest BCUT2D eigenvalue weighted by Crippen LogP contribution is -2.28. The number of hydrogen-bond donors (Lipinski definition) is 2. The number of ether oxygens (including phenoxy) is 2. The SMILES string of the molecule is CCNC(=O)COc1cccc(NC(=O)C2=Cc3ccccc3OC2)c1. The second-order valence-corrected chi connectivity index (χ2v) is 5.72. The van der Waals surface area contributed by atoms with E-state index in [1.54, 1.807) is 24.3 Å². The largest absolute Gasteiger partial charge is 0.488 e. The first kappa shape index (κ1) is 17.5. The molecule has 1 heterocycles. The molecule has 0 spiro atoms. The maximum absolute atomic E-state index is 12.5. The van der Waals surface area contributed by atoms with Gasteiger partial charge in [0.2, 0.25) is 0 Å². The molecule has 1 aliphatic heterocycles. The number of para-hydroxylation sites is 1. The average molecular weight is 352 g/mol. The minimum Gasteiger partial charge on any atom is -0.488 e. The van der Waals surface area contributed by atoms with Crippen molar-refractivity contribution in [2.45, 2.75) is 6.92 Å². The Morgan fingerprint density at radius 1 is 1.15 bits per heavy atom. The highest BCUT2D eigenvalue weighted by molar-refractivity contribution is 6.07. The monoisotopic (exact) mass is 352 g/mol. The van der Waals surface area contributed by atoms with Gasteiger partial charge < -0.3 is 20.1 Å². The van der Waals surface area contributed by atoms with E-state index < -0.39 is 0 Å². The summed E-state index contributed by atoms with van der Waals surface area (Å²) in [5, 5.41) is 5.49. The first-order valence-corrected chi connectivity index (χ1v) is 8.39. The Labute approximate surface area is 151 Å². The van der Waals surface area contributed by atoms with E-state index >= 15 is 0 Å². The van der Waals surface area contributed by atoms with Crippen LogP contribution in [0.1, 0.15) is 12.5 Å². The van der Waals surface area contributed by atoms with Crippen molar-refractivity contribution in [3.8, 4) is 11.5 Å². The molecule has 0 saturated heterocycles. The van der Waals surface area contributed by atoms with Gasteiger partial charge in [-0.25, -0.2) is 0 Å². The van der Waals surface area contributed by atoms with E-state index in [2.05, 4.69) is 10.6 Å². The van der Waals surface area contributed by atoms with Crippen molar-refractivity contribution in [1.29, 1.82) is 0 Å². The molecule has 6 heteroatoms. The molecule has 2 aromatic carbocycles. The van der Waals surface area contributed by atoms with Crippen LogP contribution in [0.5, 0.6) is 11.5 Å². The number of nitrogens with one attached hydrogen (secondary N) is 2. The molecule has 2 N–H and O–H groups in total. The molecule has 6 nitrogen and oxygen atoms in total. The number of carbonyl (C=O) groups excluding carboxylic acids is 2. The van der Waals surface area contributed by atoms with Gasteiger partial charge in [-0.2, -0.15) is 0 Å². The van der Waals surface area contributed by atoms with Crippen LogP contribution >= 0.6 is 0 Å². The van der Waals surface area contributed by atoms with Crippen molar-refractivity contribution in [1.82, 2.24) is 5.32 Å². The lowest BCUT2D eigenvalue weighted by molar-refractivity contribution is -0.123. The fraction of sp³-hybridized carbons (Fsp3) is 0.200. The smallest absolute Gasteiger partial charge is 0.257 e. The minimum absolute atomic E-state index is 0.0684. The highest BCUT2D eigenvalue weighted by Gasteiger charge is 2.17. The minimum atomic E-state index is -0.236. The summed E-state index contributed by atoms with van der Waals surface area (Å²) in [6.07, 6.45) is 1.82.